The Morgan fingerprint density at radius 3 is 2.17 bits per heavy atom. The molecule has 0 aliphatic heterocycles. The van der Waals surface area contributed by atoms with Gasteiger partial charge < -0.3 is 10.1 Å². The van der Waals surface area contributed by atoms with Crippen LogP contribution in [-0.2, 0) is 10.2 Å². The summed E-state index contributed by atoms with van der Waals surface area (Å²) in [5.74, 6) is -0.273. The first-order chi connectivity index (χ1) is 13.7. The number of nitrogens with one attached hydrogen (secondary N) is 1. The van der Waals surface area contributed by atoms with Crippen LogP contribution < -0.4 is 10.1 Å². The molecule has 0 spiro atoms. The fourth-order valence-corrected chi connectivity index (χ4v) is 2.77. The average Bonchev–Trinajstić information content (AvgIpc) is 3.12. The number of ether oxygens (including phenoxy) is 1. The van der Waals surface area contributed by atoms with Crippen molar-refractivity contribution < 1.29 is 14.3 Å². The number of aryl methyl sites for hydroxylation is 1. The Bertz CT molecular complexity index is 1030. The number of nitrogens with zero attached hydrogens (tertiary/aromatic N) is 2. The van der Waals surface area contributed by atoms with Crippen molar-refractivity contribution in [2.45, 2.75) is 33.1 Å². The van der Waals surface area contributed by atoms with Crippen molar-refractivity contribution >= 4 is 17.5 Å². The van der Waals surface area contributed by atoms with Crippen LogP contribution in [0.4, 0.5) is 5.82 Å². The van der Waals surface area contributed by atoms with Crippen LogP contribution in [0.3, 0.4) is 0 Å². The zero-order chi connectivity index (χ0) is 21.2. The van der Waals surface area contributed by atoms with Gasteiger partial charge in [0.15, 0.2) is 0 Å². The number of ketones is 1. The van der Waals surface area contributed by atoms with E-state index in [9.17, 15) is 9.59 Å². The molecule has 1 aromatic heterocycles. The summed E-state index contributed by atoms with van der Waals surface area (Å²) in [6.45, 7) is 8.14. The molecule has 0 aliphatic rings. The van der Waals surface area contributed by atoms with Gasteiger partial charge in [0.2, 0.25) is 0 Å². The maximum atomic E-state index is 12.6. The fraction of sp³-hybridized carbons (Fsp3) is 0.261. The van der Waals surface area contributed by atoms with Gasteiger partial charge in [-0.25, -0.2) is 4.68 Å². The molecule has 1 heterocycles. The number of hydrogen-bond donors (Lipinski definition) is 1. The Morgan fingerprint density at radius 2 is 1.62 bits per heavy atom. The van der Waals surface area contributed by atoms with E-state index >= 15 is 0 Å². The molecule has 0 bridgehead atoms. The Morgan fingerprint density at radius 1 is 1.00 bits per heavy atom. The van der Waals surface area contributed by atoms with Crippen molar-refractivity contribution in [1.29, 1.82) is 0 Å². The molecule has 0 radical (unpaired) electrons. The molecule has 29 heavy (non-hydrogen) atoms. The van der Waals surface area contributed by atoms with Crippen LogP contribution in [0.2, 0.25) is 0 Å². The van der Waals surface area contributed by atoms with Gasteiger partial charge in [-0.15, -0.1) is 0 Å². The Hall–Kier alpha value is -3.41. The SMILES string of the molecule is COc1ccc(C(=O)C(=O)Nc2cc(C(C)(C)C)nn2-c2ccc(C)cc2)cc1. The monoisotopic (exact) mass is 391 g/mol. The van der Waals surface area contributed by atoms with Gasteiger partial charge in [0.05, 0.1) is 18.5 Å². The van der Waals surface area contributed by atoms with E-state index in [1.54, 1.807) is 42.1 Å². The summed E-state index contributed by atoms with van der Waals surface area (Å²) in [6.07, 6.45) is 0. The quantitative estimate of drug-likeness (QED) is 0.520. The molecule has 0 unspecified atom stereocenters. The van der Waals surface area contributed by atoms with E-state index < -0.39 is 11.7 Å². The third-order valence-electron chi connectivity index (χ3n) is 4.56. The second-order valence-corrected chi connectivity index (χ2v) is 7.92. The molecule has 2 aromatic carbocycles. The predicted octanol–water partition coefficient (Wildman–Crippen LogP) is 4.31. The molecule has 0 fully saturated rings. The zero-order valence-corrected chi connectivity index (χ0v) is 17.3. The molecule has 150 valence electrons. The van der Waals surface area contributed by atoms with Crippen LogP contribution in [0.15, 0.2) is 54.6 Å². The predicted molar refractivity (Wildman–Crippen MR) is 113 cm³/mol. The highest BCUT2D eigenvalue weighted by molar-refractivity contribution is 6.46. The van der Waals surface area contributed by atoms with Gasteiger partial charge in [0, 0.05) is 17.0 Å². The second-order valence-electron chi connectivity index (χ2n) is 7.92. The lowest BCUT2D eigenvalue weighted by Crippen LogP contribution is -2.24. The van der Waals surface area contributed by atoms with Gasteiger partial charge in [0.25, 0.3) is 11.7 Å². The Balaban J connectivity index is 1.92. The molecule has 1 amide bonds. The maximum absolute atomic E-state index is 12.6. The lowest BCUT2D eigenvalue weighted by Gasteiger charge is -2.14. The largest absolute Gasteiger partial charge is 0.497 e. The number of aromatic nitrogens is 2. The third-order valence-corrected chi connectivity index (χ3v) is 4.56. The van der Waals surface area contributed by atoms with Crippen LogP contribution in [0.25, 0.3) is 5.69 Å². The number of methoxy groups -OCH3 is 1. The number of carbonyl (C=O) groups is 2. The Labute approximate surface area is 170 Å². The van der Waals surface area contributed by atoms with E-state index in [4.69, 9.17) is 4.74 Å². The van der Waals surface area contributed by atoms with Crippen LogP contribution >= 0.6 is 0 Å². The number of Topliss-reactive ketones (excluding diaryl/α,β-unsaturated/α-hetero) is 1. The highest BCUT2D eigenvalue weighted by Gasteiger charge is 2.23. The van der Waals surface area contributed by atoms with Gasteiger partial charge >= 0.3 is 0 Å². The van der Waals surface area contributed by atoms with Gasteiger partial charge in [-0.1, -0.05) is 38.5 Å². The van der Waals surface area contributed by atoms with E-state index in [-0.39, 0.29) is 5.41 Å². The molecule has 3 rings (SSSR count). The molecule has 6 heteroatoms. The number of anilines is 1. The summed E-state index contributed by atoms with van der Waals surface area (Å²) in [5.41, 5.74) is 2.82. The van der Waals surface area contributed by atoms with E-state index in [1.165, 1.54) is 0 Å². The fourth-order valence-electron chi connectivity index (χ4n) is 2.77. The number of hydrogen-bond acceptors (Lipinski definition) is 4. The topological polar surface area (TPSA) is 73.2 Å². The third kappa shape index (κ3) is 4.54. The van der Waals surface area contributed by atoms with Crippen LogP contribution in [-0.4, -0.2) is 28.6 Å². The van der Waals surface area contributed by atoms with Crippen molar-refractivity contribution in [3.8, 4) is 11.4 Å². The number of carbonyl (C=O) groups excluding carboxylic acids is 2. The minimum Gasteiger partial charge on any atom is -0.497 e. The van der Waals surface area contributed by atoms with Crippen molar-refractivity contribution in [1.82, 2.24) is 9.78 Å². The van der Waals surface area contributed by atoms with Crippen molar-refractivity contribution in [3.63, 3.8) is 0 Å². The van der Waals surface area contributed by atoms with Crippen molar-refractivity contribution in [3.05, 3.63) is 71.4 Å². The first kappa shape index (κ1) is 20.3. The van der Waals surface area contributed by atoms with E-state index in [0.717, 1.165) is 16.9 Å². The minimum atomic E-state index is -0.719. The first-order valence-corrected chi connectivity index (χ1v) is 9.36. The van der Waals surface area contributed by atoms with Crippen LogP contribution in [0, 0.1) is 6.92 Å². The lowest BCUT2D eigenvalue weighted by molar-refractivity contribution is -0.112. The molecule has 1 N–H and O–H groups in total. The number of amides is 1. The smallest absolute Gasteiger partial charge is 0.297 e. The van der Waals surface area contributed by atoms with Crippen LogP contribution in [0.1, 0.15) is 42.4 Å². The average molecular weight is 391 g/mol. The summed E-state index contributed by atoms with van der Waals surface area (Å²) in [5, 5.41) is 7.39. The van der Waals surface area contributed by atoms with Gasteiger partial charge in [-0.3, -0.25) is 9.59 Å². The summed E-state index contributed by atoms with van der Waals surface area (Å²) in [4.78, 5) is 25.2. The van der Waals surface area contributed by atoms with Gasteiger partial charge in [-0.05, 0) is 43.3 Å². The number of benzene rings is 2. The zero-order valence-electron chi connectivity index (χ0n) is 17.3. The summed E-state index contributed by atoms with van der Waals surface area (Å²) in [6, 6.07) is 16.0. The lowest BCUT2D eigenvalue weighted by atomic mass is 9.92. The van der Waals surface area contributed by atoms with Gasteiger partial charge in [-0.2, -0.15) is 5.10 Å². The van der Waals surface area contributed by atoms with Crippen molar-refractivity contribution in [2.24, 2.45) is 0 Å². The summed E-state index contributed by atoms with van der Waals surface area (Å²) < 4.78 is 6.74. The minimum absolute atomic E-state index is 0.213. The summed E-state index contributed by atoms with van der Waals surface area (Å²) in [7, 11) is 1.54. The molecular formula is C23H25N3O3. The van der Waals surface area contributed by atoms with E-state index in [0.29, 0.717) is 17.1 Å². The second kappa shape index (κ2) is 7.91. The molecular weight excluding hydrogens is 366 g/mol. The highest BCUT2D eigenvalue weighted by atomic mass is 16.5. The molecule has 0 atom stereocenters. The molecule has 0 aliphatic carbocycles. The van der Waals surface area contributed by atoms with Gasteiger partial charge in [0.1, 0.15) is 11.6 Å². The van der Waals surface area contributed by atoms with Crippen LogP contribution in [0.5, 0.6) is 5.75 Å². The Kier molecular flexibility index (Phi) is 5.55. The normalized spacial score (nSPS) is 11.2. The first-order valence-electron chi connectivity index (χ1n) is 9.36. The molecule has 3 aromatic rings. The highest BCUT2D eigenvalue weighted by Crippen LogP contribution is 2.26. The molecule has 0 saturated carbocycles. The van der Waals surface area contributed by atoms with E-state index in [2.05, 4.69) is 10.4 Å². The molecule has 6 nitrogen and oxygen atoms in total. The van der Waals surface area contributed by atoms with E-state index in [1.807, 2.05) is 52.0 Å². The number of rotatable bonds is 5. The standard InChI is InChI=1S/C23H25N3O3/c1-15-6-10-17(11-7-15)26-20(14-19(25-26)23(2,3)4)24-22(28)21(27)16-8-12-18(29-5)13-9-16/h6-14H,1-5H3,(H,24,28). The maximum Gasteiger partial charge on any atom is 0.297 e. The summed E-state index contributed by atoms with van der Waals surface area (Å²) >= 11 is 0. The van der Waals surface area contributed by atoms with Crippen molar-refractivity contribution in [2.75, 3.05) is 12.4 Å². The molecule has 0 saturated heterocycles.